The Morgan fingerprint density at radius 3 is 2.93 bits per heavy atom. The minimum absolute atomic E-state index is 0.0561. The molecule has 0 aliphatic carbocycles. The molecule has 0 amide bonds. The zero-order valence-corrected chi connectivity index (χ0v) is 7.26. The van der Waals surface area contributed by atoms with Gasteiger partial charge in [-0.25, -0.2) is 0 Å². The lowest BCUT2D eigenvalue weighted by atomic mass is 10.3. The fraction of sp³-hybridized carbons (Fsp3) is 0. The molecule has 0 saturated heterocycles. The Balaban J connectivity index is 2.79. The Bertz CT molecular complexity index is 523. The van der Waals surface area contributed by atoms with Crippen LogP contribution in [0.2, 0.25) is 5.02 Å². The molecule has 0 unspecified atom stereocenters. The Hall–Kier alpha value is -1.89. The van der Waals surface area contributed by atoms with E-state index in [1.807, 2.05) is 0 Å². The van der Waals surface area contributed by atoms with Gasteiger partial charge in [0, 0.05) is 11.2 Å². The van der Waals surface area contributed by atoms with Crippen LogP contribution in [0.1, 0.15) is 0 Å². The van der Waals surface area contributed by atoms with Crippen LogP contribution in [0.4, 0.5) is 5.69 Å². The van der Waals surface area contributed by atoms with E-state index < -0.39 is 4.92 Å². The molecule has 0 aliphatic heterocycles. The normalized spacial score (nSPS) is 10.6. The van der Waals surface area contributed by atoms with E-state index in [4.69, 9.17) is 11.6 Å². The number of benzene rings is 1. The first-order valence-electron chi connectivity index (χ1n) is 3.43. The molecule has 0 radical (unpaired) electrons. The van der Waals surface area contributed by atoms with Crippen LogP contribution in [-0.2, 0) is 0 Å². The average molecular weight is 216 g/mol. The summed E-state index contributed by atoms with van der Waals surface area (Å²) in [5, 5.41) is 24.5. The van der Waals surface area contributed by atoms with Crippen molar-refractivity contribution in [1.29, 1.82) is 0 Å². The molecule has 1 aromatic heterocycles. The van der Waals surface area contributed by atoms with Gasteiger partial charge < -0.3 is 5.21 Å². The van der Waals surface area contributed by atoms with Crippen LogP contribution in [0.15, 0.2) is 16.8 Å². The van der Waals surface area contributed by atoms with Gasteiger partial charge in [-0.3, -0.25) is 14.7 Å². The van der Waals surface area contributed by atoms with E-state index in [-0.39, 0.29) is 26.6 Å². The summed E-state index contributed by atoms with van der Waals surface area (Å²) in [4.78, 5) is 9.92. The molecule has 0 atom stereocenters. The summed E-state index contributed by atoms with van der Waals surface area (Å²) >= 11 is 5.56. The van der Waals surface area contributed by atoms with Crippen molar-refractivity contribution < 1.29 is 14.5 Å². The summed E-state index contributed by atoms with van der Waals surface area (Å²) < 4.78 is 4.23. The standard InChI is InChI=1S/C6H2ClN3O4/c7-3-1-6-4(8-14-10(6)13)2-5(3)9(11)12/h1-2H. The fourth-order valence-electron chi connectivity index (χ4n) is 1.02. The third kappa shape index (κ3) is 1.14. The first kappa shape index (κ1) is 8.70. The highest BCUT2D eigenvalue weighted by molar-refractivity contribution is 6.33. The quantitative estimate of drug-likeness (QED) is 0.402. The third-order valence-electron chi connectivity index (χ3n) is 1.65. The zero-order valence-electron chi connectivity index (χ0n) is 6.51. The number of hydrogen-bond acceptors (Lipinski definition) is 5. The van der Waals surface area contributed by atoms with Gasteiger partial charge >= 0.3 is 0 Å². The molecule has 14 heavy (non-hydrogen) atoms. The number of nitro benzene ring substituents is 1. The van der Waals surface area contributed by atoms with E-state index in [2.05, 4.69) is 9.79 Å². The van der Waals surface area contributed by atoms with Crippen molar-refractivity contribution in [1.82, 2.24) is 5.16 Å². The molecule has 1 heterocycles. The topological polar surface area (TPSA) is 96.1 Å². The summed E-state index contributed by atoms with van der Waals surface area (Å²) in [5.74, 6) is 0. The van der Waals surface area contributed by atoms with E-state index in [1.54, 1.807) is 0 Å². The number of nitrogens with zero attached hydrogens (tertiary/aromatic N) is 3. The maximum absolute atomic E-state index is 10.9. The minimum atomic E-state index is -0.661. The first-order valence-corrected chi connectivity index (χ1v) is 3.81. The van der Waals surface area contributed by atoms with Crippen molar-refractivity contribution in [3.05, 3.63) is 32.5 Å². The SMILES string of the molecule is O=[N+]([O-])c1cc2no[n+]([O-])c2cc1Cl. The average Bonchev–Trinajstić information content (AvgIpc) is 2.46. The molecule has 7 nitrogen and oxygen atoms in total. The lowest BCUT2D eigenvalue weighted by Crippen LogP contribution is -2.22. The van der Waals surface area contributed by atoms with E-state index in [9.17, 15) is 15.3 Å². The molecule has 0 fully saturated rings. The highest BCUT2D eigenvalue weighted by atomic mass is 35.5. The second kappa shape index (κ2) is 2.81. The molecule has 2 aromatic rings. The summed E-state index contributed by atoms with van der Waals surface area (Å²) in [6.45, 7) is 0. The molecule has 72 valence electrons. The van der Waals surface area contributed by atoms with Gasteiger partial charge in [0.25, 0.3) is 11.2 Å². The van der Waals surface area contributed by atoms with E-state index in [0.29, 0.717) is 0 Å². The van der Waals surface area contributed by atoms with Gasteiger partial charge in [-0.2, -0.15) is 0 Å². The van der Waals surface area contributed by atoms with Gasteiger partial charge in [0.1, 0.15) is 5.02 Å². The summed E-state index contributed by atoms with van der Waals surface area (Å²) in [5.41, 5.74) is -0.162. The lowest BCUT2D eigenvalue weighted by molar-refractivity contribution is -0.782. The Labute approximate surface area is 81.2 Å². The summed E-state index contributed by atoms with van der Waals surface area (Å²) in [7, 11) is 0. The van der Waals surface area contributed by atoms with Gasteiger partial charge in [-0.05, 0) is 4.90 Å². The number of halogens is 1. The Morgan fingerprint density at radius 1 is 1.57 bits per heavy atom. The molecular formula is C6H2ClN3O4. The molecule has 2 rings (SSSR count). The van der Waals surface area contributed by atoms with Crippen molar-refractivity contribution in [3.63, 3.8) is 0 Å². The van der Waals surface area contributed by atoms with Crippen LogP contribution in [0.5, 0.6) is 0 Å². The zero-order chi connectivity index (χ0) is 10.3. The highest BCUT2D eigenvalue weighted by Crippen LogP contribution is 2.27. The van der Waals surface area contributed by atoms with Crippen LogP contribution in [0, 0.1) is 15.3 Å². The second-order valence-corrected chi connectivity index (χ2v) is 2.89. The number of rotatable bonds is 1. The molecule has 0 saturated carbocycles. The summed E-state index contributed by atoms with van der Waals surface area (Å²) in [6.07, 6.45) is 0. The van der Waals surface area contributed by atoms with Gasteiger partial charge in [-0.1, -0.05) is 11.6 Å². The summed E-state index contributed by atoms with van der Waals surface area (Å²) in [6, 6.07) is 2.22. The van der Waals surface area contributed by atoms with Crippen LogP contribution in [-0.4, -0.2) is 10.1 Å². The first-order chi connectivity index (χ1) is 6.59. The van der Waals surface area contributed by atoms with Crippen molar-refractivity contribution in [2.45, 2.75) is 0 Å². The van der Waals surface area contributed by atoms with Crippen LogP contribution < -0.4 is 4.90 Å². The molecular weight excluding hydrogens is 214 g/mol. The Kier molecular flexibility index (Phi) is 1.74. The van der Waals surface area contributed by atoms with E-state index >= 15 is 0 Å². The lowest BCUT2D eigenvalue weighted by Gasteiger charge is -1.92. The van der Waals surface area contributed by atoms with E-state index in [1.165, 1.54) is 0 Å². The number of nitro groups is 1. The van der Waals surface area contributed by atoms with Gasteiger partial charge in [0.2, 0.25) is 5.52 Å². The Morgan fingerprint density at radius 2 is 2.29 bits per heavy atom. The monoisotopic (exact) mass is 215 g/mol. The predicted molar refractivity (Wildman–Crippen MR) is 44.6 cm³/mol. The van der Waals surface area contributed by atoms with Gasteiger partial charge in [0.05, 0.1) is 11.0 Å². The predicted octanol–water partition coefficient (Wildman–Crippen LogP) is 1.02. The van der Waals surface area contributed by atoms with Crippen LogP contribution in [0.25, 0.3) is 11.0 Å². The van der Waals surface area contributed by atoms with Gasteiger partial charge in [-0.15, -0.1) is 0 Å². The molecule has 0 aliphatic rings. The number of aromatic nitrogens is 2. The fourth-order valence-corrected chi connectivity index (χ4v) is 1.25. The minimum Gasteiger partial charge on any atom is -0.359 e. The molecule has 0 N–H and O–H groups in total. The third-order valence-corrected chi connectivity index (χ3v) is 1.95. The van der Waals surface area contributed by atoms with Crippen LogP contribution >= 0.6 is 11.6 Å². The van der Waals surface area contributed by atoms with Gasteiger partial charge in [0.15, 0.2) is 0 Å². The molecule has 0 bridgehead atoms. The maximum Gasteiger partial charge on any atom is 0.292 e. The maximum atomic E-state index is 10.9. The van der Waals surface area contributed by atoms with Crippen molar-refractivity contribution in [2.75, 3.05) is 0 Å². The van der Waals surface area contributed by atoms with Crippen LogP contribution in [0.3, 0.4) is 0 Å². The molecule has 1 aromatic carbocycles. The largest absolute Gasteiger partial charge is 0.359 e. The van der Waals surface area contributed by atoms with Crippen molar-refractivity contribution >= 4 is 28.3 Å². The second-order valence-electron chi connectivity index (χ2n) is 2.48. The molecule has 8 heteroatoms. The smallest absolute Gasteiger partial charge is 0.292 e. The number of fused-ring (bicyclic) bond motifs is 1. The molecule has 0 spiro atoms. The van der Waals surface area contributed by atoms with Crippen molar-refractivity contribution in [2.24, 2.45) is 0 Å². The van der Waals surface area contributed by atoms with E-state index in [0.717, 1.165) is 12.1 Å². The number of hydrogen-bond donors (Lipinski definition) is 0. The van der Waals surface area contributed by atoms with Crippen molar-refractivity contribution in [3.8, 4) is 0 Å². The highest BCUT2D eigenvalue weighted by Gasteiger charge is 2.19.